The number of phosphoric acid groups is 2. The highest BCUT2D eigenvalue weighted by atomic mass is 31.2. The van der Waals surface area contributed by atoms with E-state index < -0.39 is 84.5 Å². The van der Waals surface area contributed by atoms with E-state index in [1.54, 1.807) is 18.2 Å². The Morgan fingerprint density at radius 3 is 1.89 bits per heavy atom. The van der Waals surface area contributed by atoms with E-state index in [2.05, 4.69) is 59.4 Å². The van der Waals surface area contributed by atoms with Gasteiger partial charge in [0.05, 0.1) is 44.6 Å². The number of hydrogen-bond acceptors (Lipinski definition) is 13. The monoisotopic (exact) mass is 920 g/mol. The highest BCUT2D eigenvalue weighted by Crippen LogP contribution is 2.44. The van der Waals surface area contributed by atoms with Crippen LogP contribution >= 0.6 is 15.6 Å². The summed E-state index contributed by atoms with van der Waals surface area (Å²) in [5.74, 6) is -2.12. The molecule has 7 N–H and O–H groups in total. The summed E-state index contributed by atoms with van der Waals surface area (Å²) in [6.45, 7) is 1.17. The van der Waals surface area contributed by atoms with Crippen molar-refractivity contribution in [1.82, 2.24) is 0 Å². The molecule has 0 heterocycles. The van der Waals surface area contributed by atoms with E-state index in [4.69, 9.17) is 23.8 Å². The Bertz CT molecular complexity index is 1490. The number of carbonyl (C=O) groups is 2. The van der Waals surface area contributed by atoms with Crippen LogP contribution in [0.2, 0.25) is 0 Å². The van der Waals surface area contributed by atoms with Crippen LogP contribution in [-0.2, 0) is 41.8 Å². The Morgan fingerprint density at radius 2 is 1.26 bits per heavy atom. The van der Waals surface area contributed by atoms with E-state index in [1.165, 1.54) is 25.3 Å². The van der Waals surface area contributed by atoms with Crippen LogP contribution in [-0.4, -0.2) is 104 Å². The number of carbonyl (C=O) groups excluding carboxylic acids is 2. The van der Waals surface area contributed by atoms with Crippen molar-refractivity contribution in [2.45, 2.75) is 154 Å². The van der Waals surface area contributed by atoms with E-state index in [0.717, 1.165) is 44.9 Å². The maximum atomic E-state index is 12.7. The first-order valence-corrected chi connectivity index (χ1v) is 24.9. The van der Waals surface area contributed by atoms with Crippen LogP contribution in [0, 0.1) is 11.8 Å². The van der Waals surface area contributed by atoms with Crippen LogP contribution in [0.3, 0.4) is 0 Å². The quantitative estimate of drug-likeness (QED) is 0.0140. The second-order valence-corrected chi connectivity index (χ2v) is 17.9. The normalized spacial score (nSPS) is 21.2. The Morgan fingerprint density at radius 1 is 0.677 bits per heavy atom. The van der Waals surface area contributed by atoms with Crippen LogP contribution in [0.5, 0.6) is 0 Å². The van der Waals surface area contributed by atoms with Crippen LogP contribution in [0.15, 0.2) is 72.9 Å². The molecule has 1 rings (SSSR count). The minimum absolute atomic E-state index is 0.0139. The van der Waals surface area contributed by atoms with E-state index in [0.29, 0.717) is 25.7 Å². The second kappa shape index (κ2) is 34.8. The molecule has 356 valence electrons. The Labute approximate surface area is 368 Å². The van der Waals surface area contributed by atoms with Crippen molar-refractivity contribution in [2.75, 3.05) is 26.4 Å². The number of hydrogen-bond donors (Lipinski definition) is 7. The van der Waals surface area contributed by atoms with Crippen molar-refractivity contribution >= 4 is 27.6 Å². The summed E-state index contributed by atoms with van der Waals surface area (Å²) < 4.78 is 47.6. The molecule has 0 aromatic heterocycles. The third-order valence-corrected chi connectivity index (χ3v) is 11.1. The summed E-state index contributed by atoms with van der Waals surface area (Å²) in [4.78, 5) is 52.9. The van der Waals surface area contributed by atoms with E-state index in [9.17, 15) is 44.0 Å². The fraction of sp³-hybridized carbons (Fsp3) is 0.682. The highest BCUT2D eigenvalue weighted by molar-refractivity contribution is 7.47. The summed E-state index contributed by atoms with van der Waals surface area (Å²) in [5.41, 5.74) is 0. The minimum atomic E-state index is -4.91. The van der Waals surface area contributed by atoms with Gasteiger partial charge in [-0.2, -0.15) is 0 Å². The lowest BCUT2D eigenvalue weighted by molar-refractivity contribution is -0.160. The molecular formula is C44H74O16P2. The van der Waals surface area contributed by atoms with E-state index in [1.807, 2.05) is 12.2 Å². The topological polar surface area (TPSA) is 256 Å². The highest BCUT2D eigenvalue weighted by Gasteiger charge is 2.39. The summed E-state index contributed by atoms with van der Waals surface area (Å²) >= 11 is 0. The van der Waals surface area contributed by atoms with Crippen LogP contribution in [0.1, 0.15) is 123 Å². The van der Waals surface area contributed by atoms with Crippen LogP contribution < -0.4 is 0 Å². The molecule has 0 aromatic rings. The van der Waals surface area contributed by atoms with Crippen molar-refractivity contribution in [3.05, 3.63) is 72.9 Å². The first-order chi connectivity index (χ1) is 29.6. The minimum Gasteiger partial charge on any atom is -0.461 e. The smallest absolute Gasteiger partial charge is 0.461 e. The first-order valence-electron chi connectivity index (χ1n) is 21.9. The lowest BCUT2D eigenvalue weighted by Gasteiger charge is -2.20. The van der Waals surface area contributed by atoms with Gasteiger partial charge in [-0.25, -0.2) is 9.13 Å². The van der Waals surface area contributed by atoms with Crippen molar-refractivity contribution in [3.8, 4) is 0 Å². The zero-order valence-electron chi connectivity index (χ0n) is 36.5. The number of phosphoric ester groups is 2. The molecule has 1 aliphatic carbocycles. The molecule has 1 fully saturated rings. The van der Waals surface area contributed by atoms with Gasteiger partial charge in [0, 0.05) is 18.8 Å². The molecule has 16 nitrogen and oxygen atoms in total. The van der Waals surface area contributed by atoms with Gasteiger partial charge in [0.25, 0.3) is 0 Å². The lowest BCUT2D eigenvalue weighted by Crippen LogP contribution is -2.29. The van der Waals surface area contributed by atoms with Gasteiger partial charge in [-0.15, -0.1) is 0 Å². The van der Waals surface area contributed by atoms with Gasteiger partial charge < -0.3 is 44.6 Å². The van der Waals surface area contributed by atoms with Gasteiger partial charge in [0.1, 0.15) is 12.7 Å². The van der Waals surface area contributed by atoms with Gasteiger partial charge in [-0.05, 0) is 63.7 Å². The number of aliphatic hydroxyl groups is 4. The summed E-state index contributed by atoms with van der Waals surface area (Å²) in [7, 11) is -9.82. The number of ether oxygens (including phenoxy) is 2. The molecule has 8 atom stereocenters. The molecule has 0 amide bonds. The number of unbranched alkanes of at least 4 members (excludes halogenated alkanes) is 6. The second-order valence-electron chi connectivity index (χ2n) is 15.2. The number of rotatable bonds is 36. The molecule has 0 aliphatic heterocycles. The van der Waals surface area contributed by atoms with Gasteiger partial charge in [-0.1, -0.05) is 119 Å². The average Bonchev–Trinajstić information content (AvgIpc) is 3.49. The van der Waals surface area contributed by atoms with Crippen LogP contribution in [0.4, 0.5) is 0 Å². The molecule has 0 saturated heterocycles. The molecule has 0 bridgehead atoms. The fourth-order valence-corrected chi connectivity index (χ4v) is 7.41. The summed E-state index contributed by atoms with van der Waals surface area (Å²) in [6.07, 6.45) is 30.4. The van der Waals surface area contributed by atoms with Gasteiger partial charge in [0.2, 0.25) is 0 Å². The number of allylic oxidation sites excluding steroid dienone is 9. The molecular weight excluding hydrogens is 846 g/mol. The Kier molecular flexibility index (Phi) is 32.2. The Balaban J connectivity index is 2.67. The van der Waals surface area contributed by atoms with Gasteiger partial charge >= 0.3 is 27.6 Å². The molecule has 18 heteroatoms. The molecule has 0 spiro atoms. The third-order valence-electron chi connectivity index (χ3n) is 9.66. The van der Waals surface area contributed by atoms with Gasteiger partial charge in [-0.3, -0.25) is 23.2 Å². The predicted octanol–water partition coefficient (Wildman–Crippen LogP) is 7.38. The standard InChI is InChI=1S/C44H74O16P2/c1-3-5-7-8-9-10-11-12-13-14-15-16-17-18-19-20-22-28-44(50)60-38(35-59-62(54,55)58-33-37(46)32-57-61(51,52)53)34-56-43(49)27-24-23-26-39-40(42(48)31-41(39)47)30-29-36(45)25-21-6-4-2/h9-10,12-13,15-16,18-19,23-24,29-30,36-42,45-48H,3-8,11,14,17,20-22,25-28,31-35H2,1-2H3,(H,54,55)(H2,51,52,53)/b10-9-,13-12-,16-15-,19-18-,24-23-,30-29+/t36-,37+,38-,39+,40-,41+,42-/m1/s1. The zero-order chi connectivity index (χ0) is 46.1. The average molecular weight is 921 g/mol. The van der Waals surface area contributed by atoms with E-state index in [-0.39, 0.29) is 31.1 Å². The Hall–Kier alpha value is -2.56. The maximum Gasteiger partial charge on any atom is 0.472 e. The largest absolute Gasteiger partial charge is 0.472 e. The molecule has 62 heavy (non-hydrogen) atoms. The summed E-state index contributed by atoms with van der Waals surface area (Å²) in [5, 5.41) is 41.1. The van der Waals surface area contributed by atoms with Crippen molar-refractivity contribution in [2.24, 2.45) is 11.8 Å². The number of aliphatic hydroxyl groups excluding tert-OH is 4. The van der Waals surface area contributed by atoms with Crippen LogP contribution in [0.25, 0.3) is 0 Å². The fourth-order valence-electron chi connectivity index (χ4n) is 6.25. The van der Waals surface area contributed by atoms with Crippen molar-refractivity contribution in [1.29, 1.82) is 0 Å². The lowest BCUT2D eigenvalue weighted by atomic mass is 9.89. The van der Waals surface area contributed by atoms with Gasteiger partial charge in [0.15, 0.2) is 6.10 Å². The summed E-state index contributed by atoms with van der Waals surface area (Å²) in [6, 6.07) is 0. The maximum absolute atomic E-state index is 12.7. The first kappa shape index (κ1) is 57.5. The SMILES string of the molecule is CCCCC/C=C\C/C=C\C/C=C\C/C=C\CCCC(=O)O[C@H](COC(=O)C/C=C\C[C@H]1[C@@H](/C=C/[C@H](O)CCCCC)[C@H](O)C[C@@H]1O)COP(=O)(O)OC[C@@H](O)COP(=O)(O)O. The molecule has 1 unspecified atom stereocenters. The predicted molar refractivity (Wildman–Crippen MR) is 236 cm³/mol. The molecule has 0 radical (unpaired) electrons. The molecule has 1 aliphatic rings. The zero-order valence-corrected chi connectivity index (χ0v) is 38.3. The third kappa shape index (κ3) is 31.3. The van der Waals surface area contributed by atoms with Crippen molar-refractivity contribution < 1.29 is 76.9 Å². The van der Waals surface area contributed by atoms with E-state index >= 15 is 0 Å². The van der Waals surface area contributed by atoms with Crippen molar-refractivity contribution in [3.63, 3.8) is 0 Å². The number of esters is 2. The molecule has 0 aromatic carbocycles. The molecule has 1 saturated carbocycles.